The van der Waals surface area contributed by atoms with Crippen LogP contribution in [-0.2, 0) is 4.79 Å². The van der Waals surface area contributed by atoms with Crippen molar-refractivity contribution in [3.05, 3.63) is 53.1 Å². The normalized spacial score (nSPS) is 15.0. The van der Waals surface area contributed by atoms with E-state index in [0.29, 0.717) is 11.6 Å². The number of nitrogens with zero attached hydrogens (tertiary/aromatic N) is 2. The van der Waals surface area contributed by atoms with Crippen molar-refractivity contribution >= 4 is 28.9 Å². The van der Waals surface area contributed by atoms with E-state index >= 15 is 0 Å². The first-order valence-electron chi connectivity index (χ1n) is 8.73. The molecule has 1 aliphatic rings. The van der Waals surface area contributed by atoms with Gasteiger partial charge in [-0.25, -0.2) is 0 Å². The van der Waals surface area contributed by atoms with Gasteiger partial charge in [-0.1, -0.05) is 17.7 Å². The summed E-state index contributed by atoms with van der Waals surface area (Å²) in [5.74, 6) is 0.855. The van der Waals surface area contributed by atoms with Crippen LogP contribution in [0.15, 0.2) is 42.5 Å². The van der Waals surface area contributed by atoms with E-state index in [1.807, 2.05) is 37.3 Å². The lowest BCUT2D eigenvalue weighted by Gasteiger charge is -2.35. The summed E-state index contributed by atoms with van der Waals surface area (Å²) < 4.78 is 5.20. The molecule has 26 heavy (non-hydrogen) atoms. The summed E-state index contributed by atoms with van der Waals surface area (Å²) >= 11 is 6.11. The second-order valence-electron chi connectivity index (χ2n) is 6.42. The highest BCUT2D eigenvalue weighted by Crippen LogP contribution is 2.23. The number of hydrogen-bond donors (Lipinski definition) is 1. The number of anilines is 2. The number of amides is 1. The molecule has 5 nitrogen and oxygen atoms in total. The van der Waals surface area contributed by atoms with Crippen LogP contribution in [0, 0.1) is 6.92 Å². The molecule has 2 aromatic rings. The molecule has 1 saturated heterocycles. The third-order valence-corrected chi connectivity index (χ3v) is 5.13. The van der Waals surface area contributed by atoms with Crippen LogP contribution in [0.5, 0.6) is 5.75 Å². The van der Waals surface area contributed by atoms with E-state index in [4.69, 9.17) is 16.3 Å². The van der Waals surface area contributed by atoms with E-state index in [-0.39, 0.29) is 5.91 Å². The Morgan fingerprint density at radius 2 is 1.81 bits per heavy atom. The van der Waals surface area contributed by atoms with Gasteiger partial charge in [0.1, 0.15) is 5.75 Å². The highest BCUT2D eigenvalue weighted by molar-refractivity contribution is 6.31. The minimum Gasteiger partial charge on any atom is -0.497 e. The topological polar surface area (TPSA) is 44.8 Å². The van der Waals surface area contributed by atoms with E-state index in [1.165, 1.54) is 5.69 Å². The Kier molecular flexibility index (Phi) is 6.01. The highest BCUT2D eigenvalue weighted by Gasteiger charge is 2.19. The summed E-state index contributed by atoms with van der Waals surface area (Å²) in [6.07, 6.45) is 0. The van der Waals surface area contributed by atoms with Crippen LogP contribution < -0.4 is 15.0 Å². The average molecular weight is 374 g/mol. The number of piperazine rings is 1. The molecule has 1 aliphatic heterocycles. The molecule has 1 fully saturated rings. The summed E-state index contributed by atoms with van der Waals surface area (Å²) in [5.41, 5.74) is 2.86. The quantitative estimate of drug-likeness (QED) is 0.872. The zero-order valence-electron chi connectivity index (χ0n) is 15.2. The molecule has 0 aromatic heterocycles. The second kappa shape index (κ2) is 8.43. The van der Waals surface area contributed by atoms with Crippen LogP contribution >= 0.6 is 11.6 Å². The van der Waals surface area contributed by atoms with E-state index in [2.05, 4.69) is 27.2 Å². The lowest BCUT2D eigenvalue weighted by molar-refractivity contribution is -0.117. The SMILES string of the molecule is COc1ccc(N2CCN(CC(=O)Nc3cccc(Cl)c3C)CC2)cc1. The molecule has 0 atom stereocenters. The number of rotatable bonds is 5. The van der Waals surface area contributed by atoms with Crippen molar-refractivity contribution in [3.8, 4) is 5.75 Å². The van der Waals surface area contributed by atoms with Crippen LogP contribution in [0.25, 0.3) is 0 Å². The number of benzene rings is 2. The Labute approximate surface area is 159 Å². The van der Waals surface area contributed by atoms with Crippen molar-refractivity contribution in [3.63, 3.8) is 0 Å². The van der Waals surface area contributed by atoms with Crippen molar-refractivity contribution in [2.75, 3.05) is 50.1 Å². The average Bonchev–Trinajstić information content (AvgIpc) is 2.66. The predicted molar refractivity (Wildman–Crippen MR) is 106 cm³/mol. The van der Waals surface area contributed by atoms with Crippen molar-refractivity contribution in [2.45, 2.75) is 6.92 Å². The van der Waals surface area contributed by atoms with E-state index in [0.717, 1.165) is 43.2 Å². The Balaban J connectivity index is 1.50. The maximum Gasteiger partial charge on any atom is 0.238 e. The van der Waals surface area contributed by atoms with Crippen molar-refractivity contribution in [1.29, 1.82) is 0 Å². The van der Waals surface area contributed by atoms with Crippen molar-refractivity contribution in [2.24, 2.45) is 0 Å². The first kappa shape index (κ1) is 18.5. The van der Waals surface area contributed by atoms with Gasteiger partial charge in [0.05, 0.1) is 13.7 Å². The molecule has 0 unspecified atom stereocenters. The summed E-state index contributed by atoms with van der Waals surface area (Å²) in [5, 5.41) is 3.62. The maximum absolute atomic E-state index is 12.3. The number of hydrogen-bond acceptors (Lipinski definition) is 4. The van der Waals surface area contributed by atoms with Gasteiger partial charge >= 0.3 is 0 Å². The molecule has 1 heterocycles. The molecule has 1 N–H and O–H groups in total. The molecular weight excluding hydrogens is 350 g/mol. The number of carbonyl (C=O) groups is 1. The van der Waals surface area contributed by atoms with Gasteiger partial charge in [-0.3, -0.25) is 9.69 Å². The van der Waals surface area contributed by atoms with Gasteiger partial charge in [-0.2, -0.15) is 0 Å². The smallest absolute Gasteiger partial charge is 0.238 e. The first-order valence-corrected chi connectivity index (χ1v) is 9.11. The minimum atomic E-state index is -0.00624. The Bertz CT molecular complexity index is 756. The van der Waals surface area contributed by atoms with Crippen LogP contribution in [0.4, 0.5) is 11.4 Å². The van der Waals surface area contributed by atoms with Gasteiger partial charge in [-0.05, 0) is 48.9 Å². The lowest BCUT2D eigenvalue weighted by atomic mass is 10.2. The fourth-order valence-corrected chi connectivity index (χ4v) is 3.27. The fourth-order valence-electron chi connectivity index (χ4n) is 3.09. The zero-order valence-corrected chi connectivity index (χ0v) is 15.9. The summed E-state index contributed by atoms with van der Waals surface area (Å²) in [6.45, 7) is 5.81. The monoisotopic (exact) mass is 373 g/mol. The molecule has 2 aromatic carbocycles. The van der Waals surface area contributed by atoms with Crippen LogP contribution in [-0.4, -0.2) is 50.6 Å². The second-order valence-corrected chi connectivity index (χ2v) is 6.83. The Hall–Kier alpha value is -2.24. The number of ether oxygens (including phenoxy) is 1. The van der Waals surface area contributed by atoms with Gasteiger partial charge in [0.15, 0.2) is 0 Å². The molecule has 3 rings (SSSR count). The van der Waals surface area contributed by atoms with Crippen molar-refractivity contribution < 1.29 is 9.53 Å². The molecule has 1 amide bonds. The molecule has 0 saturated carbocycles. The third-order valence-electron chi connectivity index (χ3n) is 4.72. The molecule has 0 aliphatic carbocycles. The number of carbonyl (C=O) groups excluding carboxylic acids is 1. The Morgan fingerprint density at radius 3 is 2.46 bits per heavy atom. The molecule has 6 heteroatoms. The molecule has 0 radical (unpaired) electrons. The van der Waals surface area contributed by atoms with Gasteiger partial charge in [-0.15, -0.1) is 0 Å². The van der Waals surface area contributed by atoms with Crippen molar-refractivity contribution in [1.82, 2.24) is 4.90 Å². The molecular formula is C20H24ClN3O2. The predicted octanol–water partition coefficient (Wildman–Crippen LogP) is 3.42. The van der Waals surface area contributed by atoms with Crippen LogP contribution in [0.3, 0.4) is 0 Å². The maximum atomic E-state index is 12.3. The largest absolute Gasteiger partial charge is 0.497 e. The van der Waals surface area contributed by atoms with Crippen LogP contribution in [0.1, 0.15) is 5.56 Å². The van der Waals surface area contributed by atoms with Crippen LogP contribution in [0.2, 0.25) is 5.02 Å². The standard InChI is InChI=1S/C20H24ClN3O2/c1-15-18(21)4-3-5-19(15)22-20(25)14-23-10-12-24(13-11-23)16-6-8-17(26-2)9-7-16/h3-9H,10-14H2,1-2H3,(H,22,25). The zero-order chi connectivity index (χ0) is 18.5. The fraction of sp³-hybridized carbons (Fsp3) is 0.350. The van der Waals surface area contributed by atoms with Gasteiger partial charge < -0.3 is 15.0 Å². The lowest BCUT2D eigenvalue weighted by Crippen LogP contribution is -2.48. The Morgan fingerprint density at radius 1 is 1.12 bits per heavy atom. The van der Waals surface area contributed by atoms with Gasteiger partial charge in [0.2, 0.25) is 5.91 Å². The summed E-state index contributed by atoms with van der Waals surface area (Å²) in [6, 6.07) is 13.6. The summed E-state index contributed by atoms with van der Waals surface area (Å²) in [4.78, 5) is 16.8. The van der Waals surface area contributed by atoms with Gasteiger partial charge in [0, 0.05) is 42.6 Å². The molecule has 138 valence electrons. The van der Waals surface area contributed by atoms with E-state index < -0.39 is 0 Å². The molecule has 0 bridgehead atoms. The minimum absolute atomic E-state index is 0.00624. The first-order chi connectivity index (χ1) is 12.6. The molecule has 0 spiro atoms. The highest BCUT2D eigenvalue weighted by atomic mass is 35.5. The number of halogens is 1. The summed E-state index contributed by atoms with van der Waals surface area (Å²) in [7, 11) is 1.67. The number of methoxy groups -OCH3 is 1. The third kappa shape index (κ3) is 4.48. The number of nitrogens with one attached hydrogen (secondary N) is 1. The van der Waals surface area contributed by atoms with E-state index in [9.17, 15) is 4.79 Å². The van der Waals surface area contributed by atoms with Gasteiger partial charge in [0.25, 0.3) is 0 Å². The van der Waals surface area contributed by atoms with E-state index in [1.54, 1.807) is 7.11 Å².